The molecule has 2 aromatic carbocycles. The molecule has 0 bridgehead atoms. The smallest absolute Gasteiger partial charge is 0.238 e. The summed E-state index contributed by atoms with van der Waals surface area (Å²) in [6.45, 7) is 2.05. The molecule has 24 heavy (non-hydrogen) atoms. The summed E-state index contributed by atoms with van der Waals surface area (Å²) in [5, 5.41) is 5.85. The van der Waals surface area contributed by atoms with E-state index in [0.29, 0.717) is 5.02 Å². The van der Waals surface area contributed by atoms with E-state index in [9.17, 15) is 8.42 Å². The van der Waals surface area contributed by atoms with Crippen molar-refractivity contribution >= 4 is 21.6 Å². The Balaban J connectivity index is 2.07. The number of benzene rings is 2. The third-order valence-corrected chi connectivity index (χ3v) is 5.23. The highest BCUT2D eigenvalue weighted by atomic mass is 35.5. The van der Waals surface area contributed by atoms with E-state index in [1.807, 2.05) is 44.4 Å². The Hall–Kier alpha value is -2.08. The first kappa shape index (κ1) is 16.8. The predicted molar refractivity (Wildman–Crippen MR) is 97.4 cm³/mol. The van der Waals surface area contributed by atoms with Gasteiger partial charge in [0, 0.05) is 23.8 Å². The van der Waals surface area contributed by atoms with Gasteiger partial charge < -0.3 is 4.57 Å². The number of aromatic nitrogens is 1. The molecule has 3 rings (SSSR count). The van der Waals surface area contributed by atoms with Crippen molar-refractivity contribution < 1.29 is 8.42 Å². The van der Waals surface area contributed by atoms with Gasteiger partial charge >= 0.3 is 0 Å². The van der Waals surface area contributed by atoms with Crippen molar-refractivity contribution in [1.29, 1.82) is 0 Å². The number of nitrogens with zero attached hydrogens (tertiary/aromatic N) is 1. The molecule has 2 N–H and O–H groups in total. The summed E-state index contributed by atoms with van der Waals surface area (Å²) in [5.74, 6) is 0. The number of halogens is 1. The lowest BCUT2D eigenvalue weighted by molar-refractivity contribution is 0.598. The van der Waals surface area contributed by atoms with E-state index >= 15 is 0 Å². The van der Waals surface area contributed by atoms with Gasteiger partial charge in [-0.05, 0) is 47.9 Å². The van der Waals surface area contributed by atoms with E-state index in [-0.39, 0.29) is 4.90 Å². The normalized spacial score (nSPS) is 11.7. The molecule has 4 nitrogen and oxygen atoms in total. The molecule has 124 valence electrons. The number of hydrogen-bond acceptors (Lipinski definition) is 2. The lowest BCUT2D eigenvalue weighted by Gasteiger charge is -2.06. The molecule has 1 aromatic heterocycles. The van der Waals surface area contributed by atoms with Gasteiger partial charge in [-0.15, -0.1) is 0 Å². The summed E-state index contributed by atoms with van der Waals surface area (Å²) >= 11 is 5.97. The molecular formula is C18H17ClN2O2S. The summed E-state index contributed by atoms with van der Waals surface area (Å²) in [6, 6.07) is 14.3. The summed E-state index contributed by atoms with van der Waals surface area (Å²) in [5.41, 5.74) is 5.27. The van der Waals surface area contributed by atoms with Crippen LogP contribution in [0.5, 0.6) is 0 Å². The van der Waals surface area contributed by atoms with Crippen LogP contribution in [0, 0.1) is 6.92 Å². The van der Waals surface area contributed by atoms with Gasteiger partial charge in [0.05, 0.1) is 10.6 Å². The third-order valence-electron chi connectivity index (χ3n) is 4.05. The van der Waals surface area contributed by atoms with Crippen LogP contribution in [0.15, 0.2) is 59.6 Å². The minimum Gasteiger partial charge on any atom is -0.350 e. The molecular weight excluding hydrogens is 344 g/mol. The lowest BCUT2D eigenvalue weighted by Crippen LogP contribution is -2.11. The maximum Gasteiger partial charge on any atom is 0.238 e. The van der Waals surface area contributed by atoms with Gasteiger partial charge in [0.15, 0.2) is 0 Å². The molecule has 0 radical (unpaired) electrons. The summed E-state index contributed by atoms with van der Waals surface area (Å²) in [7, 11) is -1.69. The zero-order valence-electron chi connectivity index (χ0n) is 13.3. The lowest BCUT2D eigenvalue weighted by atomic mass is 10.0. The van der Waals surface area contributed by atoms with Crippen molar-refractivity contribution in [2.45, 2.75) is 11.8 Å². The second kappa shape index (κ2) is 6.09. The van der Waals surface area contributed by atoms with Crippen LogP contribution in [0.1, 0.15) is 5.56 Å². The van der Waals surface area contributed by atoms with Crippen molar-refractivity contribution in [1.82, 2.24) is 4.57 Å². The van der Waals surface area contributed by atoms with Gasteiger partial charge in [-0.25, -0.2) is 13.6 Å². The Kier molecular flexibility index (Phi) is 4.25. The summed E-state index contributed by atoms with van der Waals surface area (Å²) in [4.78, 5) is 0.109. The highest BCUT2D eigenvalue weighted by molar-refractivity contribution is 7.89. The molecule has 0 aliphatic heterocycles. The SMILES string of the molecule is Cc1c(-c2ccc(S(N)(=O)=O)cc2)cn(C)c1-c1ccc(Cl)cc1. The van der Waals surface area contributed by atoms with Crippen molar-refractivity contribution in [2.24, 2.45) is 12.2 Å². The zero-order valence-corrected chi connectivity index (χ0v) is 14.9. The average Bonchev–Trinajstić information content (AvgIpc) is 2.83. The van der Waals surface area contributed by atoms with Gasteiger partial charge in [-0.3, -0.25) is 0 Å². The zero-order chi connectivity index (χ0) is 17.5. The average molecular weight is 361 g/mol. The second-order valence-electron chi connectivity index (χ2n) is 5.70. The fourth-order valence-corrected chi connectivity index (χ4v) is 3.53. The molecule has 0 fully saturated rings. The molecule has 6 heteroatoms. The first-order chi connectivity index (χ1) is 11.3. The molecule has 0 spiro atoms. The van der Waals surface area contributed by atoms with E-state index in [0.717, 1.165) is 27.9 Å². The number of nitrogens with two attached hydrogens (primary N) is 1. The first-order valence-electron chi connectivity index (χ1n) is 7.32. The Morgan fingerprint density at radius 3 is 2.04 bits per heavy atom. The van der Waals surface area contributed by atoms with E-state index in [1.54, 1.807) is 12.1 Å². The Morgan fingerprint density at radius 2 is 1.50 bits per heavy atom. The molecule has 0 amide bonds. The van der Waals surface area contributed by atoms with Crippen LogP contribution in [0.4, 0.5) is 0 Å². The first-order valence-corrected chi connectivity index (χ1v) is 9.25. The molecule has 0 saturated carbocycles. The van der Waals surface area contributed by atoms with Gasteiger partial charge in [-0.1, -0.05) is 35.9 Å². The molecule has 0 saturated heterocycles. The monoisotopic (exact) mass is 360 g/mol. The van der Waals surface area contributed by atoms with Crippen LogP contribution in [-0.4, -0.2) is 13.0 Å². The van der Waals surface area contributed by atoms with Crippen LogP contribution in [0.3, 0.4) is 0 Å². The number of primary sulfonamides is 1. The fraction of sp³-hybridized carbons (Fsp3) is 0.111. The Bertz CT molecular complexity index is 989. The van der Waals surface area contributed by atoms with Crippen LogP contribution >= 0.6 is 11.6 Å². The van der Waals surface area contributed by atoms with Crippen LogP contribution in [0.25, 0.3) is 22.4 Å². The van der Waals surface area contributed by atoms with E-state index in [4.69, 9.17) is 16.7 Å². The summed E-state index contributed by atoms with van der Waals surface area (Å²) < 4.78 is 24.8. The van der Waals surface area contributed by atoms with Gasteiger partial charge in [0.2, 0.25) is 10.0 Å². The van der Waals surface area contributed by atoms with Crippen LogP contribution < -0.4 is 5.14 Å². The number of rotatable bonds is 3. The van der Waals surface area contributed by atoms with E-state index in [1.165, 1.54) is 12.1 Å². The van der Waals surface area contributed by atoms with Crippen molar-refractivity contribution in [3.8, 4) is 22.4 Å². The topological polar surface area (TPSA) is 65.1 Å². The Labute approximate surface area is 146 Å². The van der Waals surface area contributed by atoms with Crippen molar-refractivity contribution in [3.05, 3.63) is 65.3 Å². The van der Waals surface area contributed by atoms with Gasteiger partial charge in [0.25, 0.3) is 0 Å². The highest BCUT2D eigenvalue weighted by Gasteiger charge is 2.14. The maximum absolute atomic E-state index is 11.4. The molecule has 0 atom stereocenters. The van der Waals surface area contributed by atoms with Crippen LogP contribution in [-0.2, 0) is 17.1 Å². The molecule has 0 aliphatic rings. The highest BCUT2D eigenvalue weighted by Crippen LogP contribution is 2.34. The van der Waals surface area contributed by atoms with Crippen LogP contribution in [0.2, 0.25) is 5.02 Å². The van der Waals surface area contributed by atoms with E-state index in [2.05, 4.69) is 4.57 Å². The number of aryl methyl sites for hydroxylation is 1. The van der Waals surface area contributed by atoms with Crippen molar-refractivity contribution in [2.75, 3.05) is 0 Å². The number of hydrogen-bond donors (Lipinski definition) is 1. The molecule has 0 unspecified atom stereocenters. The quantitative estimate of drug-likeness (QED) is 0.768. The maximum atomic E-state index is 11.4. The predicted octanol–water partition coefficient (Wildman–Crippen LogP) is 3.97. The van der Waals surface area contributed by atoms with E-state index < -0.39 is 10.0 Å². The summed E-state index contributed by atoms with van der Waals surface area (Å²) in [6.07, 6.45) is 2.03. The fourth-order valence-electron chi connectivity index (χ4n) is 2.89. The standard InChI is InChI=1S/C18H17ClN2O2S/c1-12-17(13-5-9-16(10-6-13)24(20,22)23)11-21(2)18(12)14-3-7-15(19)8-4-14/h3-11H,1-2H3,(H2,20,22,23). The minimum atomic E-state index is -3.68. The van der Waals surface area contributed by atoms with Crippen molar-refractivity contribution in [3.63, 3.8) is 0 Å². The molecule has 3 aromatic rings. The largest absolute Gasteiger partial charge is 0.350 e. The van der Waals surface area contributed by atoms with Gasteiger partial charge in [0.1, 0.15) is 0 Å². The minimum absolute atomic E-state index is 0.109. The Morgan fingerprint density at radius 1 is 0.958 bits per heavy atom. The molecule has 0 aliphatic carbocycles. The second-order valence-corrected chi connectivity index (χ2v) is 7.70. The number of sulfonamides is 1. The van der Waals surface area contributed by atoms with Gasteiger partial charge in [-0.2, -0.15) is 0 Å². The third kappa shape index (κ3) is 3.11. The molecule has 1 heterocycles.